The molecular weight excluding hydrogens is 446 g/mol. The van der Waals surface area contributed by atoms with Gasteiger partial charge >= 0.3 is 0 Å². The second-order valence-electron chi connectivity index (χ2n) is 9.38. The summed E-state index contributed by atoms with van der Waals surface area (Å²) in [7, 11) is 1.67. The van der Waals surface area contributed by atoms with E-state index < -0.39 is 12.1 Å². The lowest BCUT2D eigenvalue weighted by Crippen LogP contribution is -2.50. The second-order valence-corrected chi connectivity index (χ2v) is 9.38. The minimum Gasteiger partial charge on any atom is -0.472 e. The molecule has 0 aromatic carbocycles. The average Bonchev–Trinajstić information content (AvgIpc) is 2.85. The maximum absolute atomic E-state index is 13.5. The summed E-state index contributed by atoms with van der Waals surface area (Å²) in [6, 6.07) is 1.29. The van der Waals surface area contributed by atoms with Crippen LogP contribution in [0.25, 0.3) is 0 Å². The van der Waals surface area contributed by atoms with E-state index in [1.165, 1.54) is 23.5 Å². The van der Waals surface area contributed by atoms with Crippen molar-refractivity contribution in [3.8, 4) is 17.7 Å². The molecule has 9 nitrogen and oxygen atoms in total. The molecule has 0 bridgehead atoms. The Balaban J connectivity index is 1.93. The molecule has 3 rings (SSSR count). The Morgan fingerprint density at radius 1 is 1.29 bits per heavy atom. The van der Waals surface area contributed by atoms with Crippen molar-refractivity contribution in [3.63, 3.8) is 0 Å². The van der Waals surface area contributed by atoms with Crippen LogP contribution in [0, 0.1) is 23.7 Å². The van der Waals surface area contributed by atoms with Crippen LogP contribution < -0.4 is 4.74 Å². The van der Waals surface area contributed by atoms with Crippen LogP contribution in [-0.4, -0.2) is 80.6 Å². The Bertz CT molecular complexity index is 1100. The fourth-order valence-corrected chi connectivity index (χ4v) is 3.70. The van der Waals surface area contributed by atoms with Crippen molar-refractivity contribution in [1.29, 1.82) is 0 Å². The van der Waals surface area contributed by atoms with E-state index >= 15 is 0 Å². The van der Waals surface area contributed by atoms with Gasteiger partial charge in [-0.05, 0) is 18.9 Å². The number of fused-ring (bicyclic) bond motifs is 1. The number of carbonyl (C=O) groups excluding carboxylic acids is 2. The highest BCUT2D eigenvalue weighted by Gasteiger charge is 2.34. The van der Waals surface area contributed by atoms with E-state index in [1.54, 1.807) is 31.1 Å². The molecule has 3 heterocycles. The summed E-state index contributed by atoms with van der Waals surface area (Å²) in [5.74, 6) is 6.12. The molecule has 0 saturated heterocycles. The highest BCUT2D eigenvalue weighted by atomic mass is 16.5. The van der Waals surface area contributed by atoms with Crippen LogP contribution in [0.5, 0.6) is 5.88 Å². The summed E-state index contributed by atoms with van der Waals surface area (Å²) in [5, 5.41) is 9.81. The van der Waals surface area contributed by atoms with Crippen molar-refractivity contribution < 1.29 is 19.4 Å². The lowest BCUT2D eigenvalue weighted by atomic mass is 9.99. The molecular formula is C26H33N5O4. The standard InChI is InChI=1S/C26H33N5O4/c1-17(2)7-6-8-20-11-21-24(29-12-20)35-23(18(3)14-31(25(21)33)19(4)16-32)15-30(5)26(34)22-13-27-9-10-28-22/h9-13,17-19,23,32H,7,14-16H2,1-5H3/t18-,19-,23-/m0/s1. The second kappa shape index (κ2) is 11.8. The predicted octanol–water partition coefficient (Wildman–Crippen LogP) is 2.26. The number of pyridine rings is 1. The predicted molar refractivity (Wildman–Crippen MR) is 131 cm³/mol. The molecule has 2 aromatic heterocycles. The molecule has 0 saturated carbocycles. The number of aliphatic hydroxyl groups is 1. The van der Waals surface area contributed by atoms with Crippen LogP contribution >= 0.6 is 0 Å². The van der Waals surface area contributed by atoms with Crippen molar-refractivity contribution in [2.45, 2.75) is 46.3 Å². The number of carbonyl (C=O) groups is 2. The molecule has 3 atom stereocenters. The van der Waals surface area contributed by atoms with E-state index in [4.69, 9.17) is 4.74 Å². The highest BCUT2D eigenvalue weighted by molar-refractivity contribution is 5.97. The fourth-order valence-electron chi connectivity index (χ4n) is 3.70. The molecule has 0 aliphatic carbocycles. The minimum absolute atomic E-state index is 0.148. The Labute approximate surface area is 206 Å². The molecule has 1 aliphatic rings. The van der Waals surface area contributed by atoms with Crippen LogP contribution in [-0.2, 0) is 0 Å². The SMILES string of the molecule is CC(C)CC#Cc1cnc2c(c1)C(=O)N([C@@H](C)CO)C[C@H](C)[C@H](CN(C)C(=O)c1cnccn1)O2. The van der Waals surface area contributed by atoms with Gasteiger partial charge in [-0.25, -0.2) is 9.97 Å². The summed E-state index contributed by atoms with van der Waals surface area (Å²) in [6.45, 7) is 8.35. The third kappa shape index (κ3) is 6.55. The molecule has 2 aromatic rings. The van der Waals surface area contributed by atoms with Crippen LogP contribution in [0.1, 0.15) is 60.5 Å². The monoisotopic (exact) mass is 479 g/mol. The molecule has 1 aliphatic heterocycles. The van der Waals surface area contributed by atoms with Crippen LogP contribution in [0.4, 0.5) is 0 Å². The summed E-state index contributed by atoms with van der Waals surface area (Å²) < 4.78 is 6.24. The Hall–Kier alpha value is -3.51. The van der Waals surface area contributed by atoms with E-state index in [0.29, 0.717) is 23.6 Å². The number of likely N-dealkylation sites (N-methyl/N-ethyl adjacent to an activating group) is 1. The third-order valence-electron chi connectivity index (χ3n) is 5.85. The first-order valence-corrected chi connectivity index (χ1v) is 11.8. The van der Waals surface area contributed by atoms with E-state index in [0.717, 1.165) is 6.42 Å². The maximum atomic E-state index is 13.5. The van der Waals surface area contributed by atoms with Gasteiger partial charge in [-0.3, -0.25) is 14.6 Å². The van der Waals surface area contributed by atoms with Crippen LogP contribution in [0.15, 0.2) is 30.9 Å². The minimum atomic E-state index is -0.453. The van der Waals surface area contributed by atoms with Gasteiger partial charge in [0.05, 0.1) is 25.4 Å². The number of ether oxygens (including phenoxy) is 1. The number of aromatic nitrogens is 3. The number of aliphatic hydroxyl groups excluding tert-OH is 1. The molecule has 2 amide bonds. The quantitative estimate of drug-likeness (QED) is 0.633. The van der Waals surface area contributed by atoms with Gasteiger partial charge in [-0.2, -0.15) is 0 Å². The van der Waals surface area contributed by atoms with Gasteiger partial charge in [0.2, 0.25) is 5.88 Å². The van der Waals surface area contributed by atoms with E-state index in [-0.39, 0.29) is 42.5 Å². The lowest BCUT2D eigenvalue weighted by Gasteiger charge is -2.37. The first-order chi connectivity index (χ1) is 16.7. The number of amides is 2. The Kier molecular flexibility index (Phi) is 8.77. The van der Waals surface area contributed by atoms with Crippen molar-refractivity contribution >= 4 is 11.8 Å². The molecule has 186 valence electrons. The van der Waals surface area contributed by atoms with Gasteiger partial charge in [0.15, 0.2) is 0 Å². The molecule has 0 spiro atoms. The van der Waals surface area contributed by atoms with Crippen LogP contribution in [0.2, 0.25) is 0 Å². The normalized spacial score (nSPS) is 18.5. The zero-order chi connectivity index (χ0) is 25.5. The molecule has 0 fully saturated rings. The number of rotatable bonds is 6. The van der Waals surface area contributed by atoms with Gasteiger partial charge in [0.1, 0.15) is 17.4 Å². The van der Waals surface area contributed by atoms with Gasteiger partial charge in [-0.1, -0.05) is 32.6 Å². The highest BCUT2D eigenvalue weighted by Crippen LogP contribution is 2.27. The molecule has 0 radical (unpaired) electrons. The molecule has 9 heteroatoms. The summed E-state index contributed by atoms with van der Waals surface area (Å²) in [6.07, 6.45) is 6.28. The van der Waals surface area contributed by atoms with Gasteiger partial charge in [0.25, 0.3) is 11.8 Å². The van der Waals surface area contributed by atoms with Gasteiger partial charge < -0.3 is 19.6 Å². The van der Waals surface area contributed by atoms with Crippen molar-refractivity contribution in [1.82, 2.24) is 24.8 Å². The van der Waals surface area contributed by atoms with E-state index in [2.05, 4.69) is 40.6 Å². The summed E-state index contributed by atoms with van der Waals surface area (Å²) in [5.41, 5.74) is 1.15. The topological polar surface area (TPSA) is 109 Å². The molecule has 1 N–H and O–H groups in total. The third-order valence-corrected chi connectivity index (χ3v) is 5.85. The maximum Gasteiger partial charge on any atom is 0.273 e. The zero-order valence-corrected chi connectivity index (χ0v) is 20.9. The number of hydrogen-bond acceptors (Lipinski definition) is 7. The Morgan fingerprint density at radius 2 is 2.06 bits per heavy atom. The van der Waals surface area contributed by atoms with Gasteiger partial charge in [-0.15, -0.1) is 0 Å². The number of hydrogen-bond donors (Lipinski definition) is 1. The largest absolute Gasteiger partial charge is 0.472 e. The average molecular weight is 480 g/mol. The van der Waals surface area contributed by atoms with E-state index in [9.17, 15) is 14.7 Å². The Morgan fingerprint density at radius 3 is 2.71 bits per heavy atom. The smallest absolute Gasteiger partial charge is 0.273 e. The number of nitrogens with zero attached hydrogens (tertiary/aromatic N) is 5. The van der Waals surface area contributed by atoms with Gasteiger partial charge in [0, 0.05) is 50.1 Å². The van der Waals surface area contributed by atoms with Crippen molar-refractivity contribution in [2.24, 2.45) is 11.8 Å². The van der Waals surface area contributed by atoms with Crippen molar-refractivity contribution in [2.75, 3.05) is 26.7 Å². The van der Waals surface area contributed by atoms with Crippen LogP contribution in [0.3, 0.4) is 0 Å². The van der Waals surface area contributed by atoms with Crippen molar-refractivity contribution in [3.05, 3.63) is 47.7 Å². The molecule has 35 heavy (non-hydrogen) atoms. The fraction of sp³-hybridized carbons (Fsp3) is 0.500. The lowest BCUT2D eigenvalue weighted by molar-refractivity contribution is 0.0312. The summed E-state index contributed by atoms with van der Waals surface area (Å²) in [4.78, 5) is 41.9. The zero-order valence-electron chi connectivity index (χ0n) is 20.9. The van der Waals surface area contributed by atoms with E-state index in [1.807, 2.05) is 6.92 Å². The first-order valence-electron chi connectivity index (χ1n) is 11.8. The molecule has 0 unspecified atom stereocenters. The summed E-state index contributed by atoms with van der Waals surface area (Å²) >= 11 is 0. The first kappa shape index (κ1) is 26.1.